The topological polar surface area (TPSA) is 36.4 Å². The number of thiazole rings is 1. The third-order valence-electron chi connectivity index (χ3n) is 4.03. The second-order valence-electron chi connectivity index (χ2n) is 5.17. The maximum Gasteiger partial charge on any atom is 0.107 e. The average Bonchev–Trinajstić information content (AvgIpc) is 2.76. The molecule has 1 aromatic rings. The van der Waals surface area contributed by atoms with Gasteiger partial charge in [0.25, 0.3) is 0 Å². The molecular weight excluding hydrogens is 232 g/mol. The van der Waals surface area contributed by atoms with E-state index in [4.69, 9.17) is 0 Å². The molecule has 0 radical (unpaired) electrons. The van der Waals surface area contributed by atoms with Crippen LogP contribution in [0.3, 0.4) is 0 Å². The van der Waals surface area contributed by atoms with Crippen LogP contribution in [0.1, 0.15) is 36.9 Å². The molecule has 4 heteroatoms. The number of hydrogen-bond acceptors (Lipinski definition) is 4. The first-order valence-electron chi connectivity index (χ1n) is 6.42. The van der Waals surface area contributed by atoms with Crippen LogP contribution in [-0.4, -0.2) is 34.7 Å². The van der Waals surface area contributed by atoms with Gasteiger partial charge in [-0.25, -0.2) is 4.98 Å². The molecule has 1 aliphatic heterocycles. The molecule has 0 aromatic carbocycles. The minimum Gasteiger partial charge on any atom is -0.396 e. The van der Waals surface area contributed by atoms with Crippen molar-refractivity contribution in [1.82, 2.24) is 9.88 Å². The highest BCUT2D eigenvalue weighted by Gasteiger charge is 2.32. The molecule has 0 saturated carbocycles. The molecule has 1 aliphatic rings. The fourth-order valence-corrected chi connectivity index (χ4v) is 3.29. The van der Waals surface area contributed by atoms with Crippen LogP contribution in [0.5, 0.6) is 0 Å². The Bertz CT molecular complexity index is 350. The Morgan fingerprint density at radius 1 is 1.47 bits per heavy atom. The van der Waals surface area contributed by atoms with E-state index in [9.17, 15) is 5.11 Å². The monoisotopic (exact) mass is 254 g/mol. The zero-order valence-electron chi connectivity index (χ0n) is 10.8. The molecule has 96 valence electrons. The Labute approximate surface area is 107 Å². The Morgan fingerprint density at radius 2 is 2.18 bits per heavy atom. The van der Waals surface area contributed by atoms with E-state index in [-0.39, 0.29) is 5.41 Å². The Hall–Kier alpha value is -0.450. The molecular formula is C13H22N2OS. The first kappa shape index (κ1) is 13.0. The normalized spacial score (nSPS) is 20.6. The van der Waals surface area contributed by atoms with Crippen molar-refractivity contribution in [2.75, 3.05) is 19.7 Å². The maximum atomic E-state index is 9.49. The van der Waals surface area contributed by atoms with Gasteiger partial charge in [0.2, 0.25) is 0 Å². The molecule has 1 N–H and O–H groups in total. The molecule has 0 amide bonds. The molecule has 0 spiro atoms. The molecule has 0 unspecified atom stereocenters. The van der Waals surface area contributed by atoms with Gasteiger partial charge in [0.15, 0.2) is 0 Å². The number of aryl methyl sites for hydroxylation is 1. The predicted molar refractivity (Wildman–Crippen MR) is 71.2 cm³/mol. The van der Waals surface area contributed by atoms with Gasteiger partial charge in [0.1, 0.15) is 5.01 Å². The average molecular weight is 254 g/mol. The lowest BCUT2D eigenvalue weighted by Crippen LogP contribution is -2.41. The van der Waals surface area contributed by atoms with E-state index in [0.29, 0.717) is 6.61 Å². The number of nitrogens with zero attached hydrogens (tertiary/aromatic N) is 2. The number of rotatable bonds is 4. The largest absolute Gasteiger partial charge is 0.396 e. The van der Waals surface area contributed by atoms with Crippen LogP contribution in [0.4, 0.5) is 0 Å². The van der Waals surface area contributed by atoms with Gasteiger partial charge in [-0.3, -0.25) is 4.90 Å². The lowest BCUT2D eigenvalue weighted by atomic mass is 9.77. The van der Waals surface area contributed by atoms with Gasteiger partial charge in [-0.15, -0.1) is 11.3 Å². The van der Waals surface area contributed by atoms with Crippen LogP contribution in [0.15, 0.2) is 5.38 Å². The summed E-state index contributed by atoms with van der Waals surface area (Å²) in [7, 11) is 0. The summed E-state index contributed by atoms with van der Waals surface area (Å²) in [4.78, 5) is 6.97. The summed E-state index contributed by atoms with van der Waals surface area (Å²) in [5.41, 5.74) is 1.32. The molecule has 1 saturated heterocycles. The van der Waals surface area contributed by atoms with E-state index < -0.39 is 0 Å². The summed E-state index contributed by atoms with van der Waals surface area (Å²) in [6.45, 7) is 7.73. The molecule has 17 heavy (non-hydrogen) atoms. The third kappa shape index (κ3) is 3.06. The van der Waals surface area contributed by atoms with Crippen molar-refractivity contribution in [2.45, 2.75) is 39.7 Å². The zero-order chi connectivity index (χ0) is 12.3. The highest BCUT2D eigenvalue weighted by Crippen LogP contribution is 2.34. The first-order chi connectivity index (χ1) is 8.17. The van der Waals surface area contributed by atoms with Gasteiger partial charge < -0.3 is 5.11 Å². The van der Waals surface area contributed by atoms with Gasteiger partial charge in [0, 0.05) is 17.7 Å². The number of aliphatic hydroxyl groups is 1. The Kier molecular flexibility index (Phi) is 4.17. The molecule has 1 fully saturated rings. The van der Waals surface area contributed by atoms with Crippen LogP contribution in [-0.2, 0) is 6.54 Å². The summed E-state index contributed by atoms with van der Waals surface area (Å²) in [6, 6.07) is 0. The SMILES string of the molecule is CCC1(CO)CCN(Cc2nc(C)cs2)CC1. The summed E-state index contributed by atoms with van der Waals surface area (Å²) in [5.74, 6) is 0. The van der Waals surface area contributed by atoms with Crippen molar-refractivity contribution < 1.29 is 5.11 Å². The summed E-state index contributed by atoms with van der Waals surface area (Å²) in [5, 5.41) is 12.8. The van der Waals surface area contributed by atoms with Crippen LogP contribution >= 0.6 is 11.3 Å². The smallest absolute Gasteiger partial charge is 0.107 e. The minimum atomic E-state index is 0.190. The standard InChI is InChI=1S/C13H22N2OS/c1-3-13(10-16)4-6-15(7-5-13)8-12-14-11(2)9-17-12/h9,16H,3-8,10H2,1-2H3. The molecule has 1 aromatic heterocycles. The number of hydrogen-bond donors (Lipinski definition) is 1. The molecule has 2 rings (SSSR count). The third-order valence-corrected chi connectivity index (χ3v) is 4.98. The van der Waals surface area contributed by atoms with Crippen LogP contribution in [0.25, 0.3) is 0 Å². The predicted octanol–water partition coefficient (Wildman–Crippen LogP) is 2.44. The molecule has 3 nitrogen and oxygen atoms in total. The van der Waals surface area contributed by atoms with E-state index in [1.807, 2.05) is 6.92 Å². The number of aliphatic hydroxyl groups excluding tert-OH is 1. The second kappa shape index (κ2) is 5.46. The second-order valence-corrected chi connectivity index (χ2v) is 6.11. The van der Waals surface area contributed by atoms with Gasteiger partial charge in [-0.05, 0) is 44.7 Å². The van der Waals surface area contributed by atoms with Crippen molar-refractivity contribution in [1.29, 1.82) is 0 Å². The maximum absolute atomic E-state index is 9.49. The van der Waals surface area contributed by atoms with E-state index in [1.54, 1.807) is 11.3 Å². The van der Waals surface area contributed by atoms with E-state index >= 15 is 0 Å². The number of likely N-dealkylation sites (tertiary alicyclic amines) is 1. The zero-order valence-corrected chi connectivity index (χ0v) is 11.6. The molecule has 0 bridgehead atoms. The van der Waals surface area contributed by atoms with Crippen LogP contribution in [0.2, 0.25) is 0 Å². The van der Waals surface area contributed by atoms with Crippen molar-refractivity contribution in [2.24, 2.45) is 5.41 Å². The molecule has 2 heterocycles. The minimum absolute atomic E-state index is 0.190. The Balaban J connectivity index is 1.87. The lowest BCUT2D eigenvalue weighted by Gasteiger charge is -2.39. The van der Waals surface area contributed by atoms with Gasteiger partial charge >= 0.3 is 0 Å². The summed E-state index contributed by atoms with van der Waals surface area (Å²) < 4.78 is 0. The van der Waals surface area contributed by atoms with Crippen LogP contribution < -0.4 is 0 Å². The highest BCUT2D eigenvalue weighted by molar-refractivity contribution is 7.09. The Morgan fingerprint density at radius 3 is 2.65 bits per heavy atom. The molecule has 0 atom stereocenters. The van der Waals surface area contributed by atoms with Crippen molar-refractivity contribution in [3.05, 3.63) is 16.1 Å². The number of aromatic nitrogens is 1. The van der Waals surface area contributed by atoms with E-state index in [0.717, 1.165) is 44.6 Å². The summed E-state index contributed by atoms with van der Waals surface area (Å²) >= 11 is 1.75. The fourth-order valence-electron chi connectivity index (χ4n) is 2.48. The number of piperidine rings is 1. The first-order valence-corrected chi connectivity index (χ1v) is 7.30. The van der Waals surface area contributed by atoms with Gasteiger partial charge in [-0.2, -0.15) is 0 Å². The van der Waals surface area contributed by atoms with Crippen LogP contribution in [0, 0.1) is 12.3 Å². The molecule has 0 aliphatic carbocycles. The van der Waals surface area contributed by atoms with Crippen molar-refractivity contribution in [3.63, 3.8) is 0 Å². The van der Waals surface area contributed by atoms with Crippen molar-refractivity contribution >= 4 is 11.3 Å². The van der Waals surface area contributed by atoms with E-state index in [1.165, 1.54) is 5.01 Å². The van der Waals surface area contributed by atoms with Gasteiger partial charge in [-0.1, -0.05) is 6.92 Å². The fraction of sp³-hybridized carbons (Fsp3) is 0.769. The highest BCUT2D eigenvalue weighted by atomic mass is 32.1. The van der Waals surface area contributed by atoms with Crippen molar-refractivity contribution in [3.8, 4) is 0 Å². The quantitative estimate of drug-likeness (QED) is 0.896. The lowest BCUT2D eigenvalue weighted by molar-refractivity contribution is 0.0382. The van der Waals surface area contributed by atoms with E-state index in [2.05, 4.69) is 22.2 Å². The van der Waals surface area contributed by atoms with Gasteiger partial charge in [0.05, 0.1) is 6.54 Å². The summed E-state index contributed by atoms with van der Waals surface area (Å²) in [6.07, 6.45) is 3.32.